The molecule has 106 valence electrons. The minimum atomic E-state index is -0.265. The van der Waals surface area contributed by atoms with Gasteiger partial charge in [0.15, 0.2) is 0 Å². The lowest BCUT2D eigenvalue weighted by molar-refractivity contribution is 0.278. The molecule has 3 N–H and O–H groups in total. The molecule has 0 bridgehead atoms. The molecule has 2 rings (SSSR count). The number of nitrogens with one attached hydrogen (secondary N) is 1. The summed E-state index contributed by atoms with van der Waals surface area (Å²) in [5.74, 6) is -0.165. The van der Waals surface area contributed by atoms with Crippen molar-refractivity contribution >= 4 is 0 Å². The Morgan fingerprint density at radius 2 is 1.90 bits per heavy atom. The molecule has 0 aliphatic carbocycles. The van der Waals surface area contributed by atoms with E-state index in [0.29, 0.717) is 29.9 Å². The topological polar surface area (TPSA) is 65.4 Å². The van der Waals surface area contributed by atoms with Crippen LogP contribution in [0.15, 0.2) is 30.5 Å². The molecule has 0 unspecified atom stereocenters. The van der Waals surface area contributed by atoms with E-state index in [4.69, 9.17) is 0 Å². The summed E-state index contributed by atoms with van der Waals surface area (Å²) in [6.45, 7) is 2.49. The van der Waals surface area contributed by atoms with Crippen molar-refractivity contribution in [2.45, 2.75) is 26.6 Å². The molecular formula is C15H17FN2O2. The zero-order valence-corrected chi connectivity index (χ0v) is 11.2. The number of pyridine rings is 1. The number of rotatable bonds is 5. The first-order valence-corrected chi connectivity index (χ1v) is 6.34. The van der Waals surface area contributed by atoms with Crippen LogP contribution in [0.5, 0.6) is 5.75 Å². The normalized spacial score (nSPS) is 10.8. The number of benzene rings is 1. The first kappa shape index (κ1) is 14.4. The van der Waals surface area contributed by atoms with E-state index in [1.54, 1.807) is 25.3 Å². The molecule has 0 saturated heterocycles. The Labute approximate surface area is 116 Å². The van der Waals surface area contributed by atoms with Crippen molar-refractivity contribution < 1.29 is 14.6 Å². The molecule has 4 nitrogen and oxygen atoms in total. The molecular weight excluding hydrogens is 259 g/mol. The Hall–Kier alpha value is -1.98. The zero-order chi connectivity index (χ0) is 14.5. The van der Waals surface area contributed by atoms with Gasteiger partial charge in [-0.3, -0.25) is 4.98 Å². The number of aryl methyl sites for hydroxylation is 1. The molecule has 0 aliphatic rings. The van der Waals surface area contributed by atoms with Gasteiger partial charge in [0.25, 0.3) is 0 Å². The first-order chi connectivity index (χ1) is 9.61. The first-order valence-electron chi connectivity index (χ1n) is 6.34. The summed E-state index contributed by atoms with van der Waals surface area (Å²) in [6, 6.07) is 6.22. The zero-order valence-electron chi connectivity index (χ0n) is 11.2. The number of hydrogen-bond donors (Lipinski definition) is 3. The van der Waals surface area contributed by atoms with Crippen molar-refractivity contribution in [3.05, 3.63) is 58.7 Å². The highest BCUT2D eigenvalue weighted by molar-refractivity contribution is 5.40. The molecule has 0 saturated carbocycles. The van der Waals surface area contributed by atoms with E-state index < -0.39 is 0 Å². The molecule has 0 atom stereocenters. The van der Waals surface area contributed by atoms with Crippen molar-refractivity contribution in [1.29, 1.82) is 0 Å². The SMILES string of the molecule is Cc1ncc(CO)c(CNCc2ccc(F)cc2)c1O. The summed E-state index contributed by atoms with van der Waals surface area (Å²) in [6.07, 6.45) is 1.56. The van der Waals surface area contributed by atoms with Gasteiger partial charge in [0.1, 0.15) is 11.6 Å². The molecule has 0 spiro atoms. The van der Waals surface area contributed by atoms with Crippen LogP contribution >= 0.6 is 0 Å². The Bertz CT molecular complexity index is 585. The predicted molar refractivity (Wildman–Crippen MR) is 73.5 cm³/mol. The van der Waals surface area contributed by atoms with Gasteiger partial charge in [-0.1, -0.05) is 12.1 Å². The highest BCUT2D eigenvalue weighted by Crippen LogP contribution is 2.23. The lowest BCUT2D eigenvalue weighted by Crippen LogP contribution is -2.15. The molecule has 5 heteroatoms. The van der Waals surface area contributed by atoms with Crippen molar-refractivity contribution in [1.82, 2.24) is 10.3 Å². The fraction of sp³-hybridized carbons (Fsp3) is 0.267. The van der Waals surface area contributed by atoms with Gasteiger partial charge >= 0.3 is 0 Å². The second-order valence-corrected chi connectivity index (χ2v) is 4.58. The summed E-state index contributed by atoms with van der Waals surface area (Å²) >= 11 is 0. The average molecular weight is 276 g/mol. The van der Waals surface area contributed by atoms with Gasteiger partial charge in [0, 0.05) is 30.4 Å². The van der Waals surface area contributed by atoms with Crippen LogP contribution in [0.1, 0.15) is 22.4 Å². The van der Waals surface area contributed by atoms with Gasteiger partial charge in [0.2, 0.25) is 0 Å². The lowest BCUT2D eigenvalue weighted by Gasteiger charge is -2.12. The summed E-state index contributed by atoms with van der Waals surface area (Å²) < 4.78 is 12.8. The summed E-state index contributed by atoms with van der Waals surface area (Å²) in [5, 5.41) is 22.4. The van der Waals surface area contributed by atoms with Crippen molar-refractivity contribution in [2.75, 3.05) is 0 Å². The number of aromatic hydroxyl groups is 1. The summed E-state index contributed by atoms with van der Waals surface area (Å²) in [7, 11) is 0. The molecule has 2 aromatic rings. The smallest absolute Gasteiger partial charge is 0.141 e. The number of aromatic nitrogens is 1. The van der Waals surface area contributed by atoms with Crippen molar-refractivity contribution in [3.63, 3.8) is 0 Å². The third-order valence-corrected chi connectivity index (χ3v) is 3.14. The van der Waals surface area contributed by atoms with Gasteiger partial charge in [-0.2, -0.15) is 0 Å². The molecule has 1 aromatic carbocycles. The van der Waals surface area contributed by atoms with Crippen molar-refractivity contribution in [2.24, 2.45) is 0 Å². The van der Waals surface area contributed by atoms with Gasteiger partial charge < -0.3 is 15.5 Å². The number of aliphatic hydroxyl groups is 1. The molecule has 0 fully saturated rings. The number of hydrogen-bond acceptors (Lipinski definition) is 4. The van der Waals surface area contributed by atoms with Gasteiger partial charge in [-0.15, -0.1) is 0 Å². The second-order valence-electron chi connectivity index (χ2n) is 4.58. The van der Waals surface area contributed by atoms with E-state index in [2.05, 4.69) is 10.3 Å². The largest absolute Gasteiger partial charge is 0.506 e. The maximum Gasteiger partial charge on any atom is 0.141 e. The second kappa shape index (κ2) is 6.45. The highest BCUT2D eigenvalue weighted by atomic mass is 19.1. The fourth-order valence-electron chi connectivity index (χ4n) is 1.95. The van der Waals surface area contributed by atoms with E-state index in [1.807, 2.05) is 0 Å². The van der Waals surface area contributed by atoms with Crippen LogP contribution in [0.2, 0.25) is 0 Å². The Morgan fingerprint density at radius 3 is 2.55 bits per heavy atom. The number of aliphatic hydroxyl groups excluding tert-OH is 1. The molecule has 1 aromatic heterocycles. The van der Waals surface area contributed by atoms with Crippen LogP contribution in [0, 0.1) is 12.7 Å². The molecule has 0 aliphatic heterocycles. The lowest BCUT2D eigenvalue weighted by atomic mass is 10.1. The van der Waals surface area contributed by atoms with Crippen LogP contribution in [0.25, 0.3) is 0 Å². The molecule has 20 heavy (non-hydrogen) atoms. The predicted octanol–water partition coefficient (Wildman–Crippen LogP) is 2.02. The van der Waals surface area contributed by atoms with Gasteiger partial charge in [-0.25, -0.2) is 4.39 Å². The van der Waals surface area contributed by atoms with Gasteiger partial charge in [-0.05, 0) is 24.6 Å². The quantitative estimate of drug-likeness (QED) is 0.781. The van der Waals surface area contributed by atoms with E-state index in [0.717, 1.165) is 5.56 Å². The van der Waals surface area contributed by atoms with E-state index in [1.165, 1.54) is 12.1 Å². The third-order valence-electron chi connectivity index (χ3n) is 3.14. The monoisotopic (exact) mass is 276 g/mol. The van der Waals surface area contributed by atoms with E-state index in [9.17, 15) is 14.6 Å². The van der Waals surface area contributed by atoms with Crippen LogP contribution in [-0.2, 0) is 19.7 Å². The maximum atomic E-state index is 12.8. The Kier molecular flexibility index (Phi) is 4.65. The molecule has 0 radical (unpaired) electrons. The van der Waals surface area contributed by atoms with Crippen LogP contribution in [-0.4, -0.2) is 15.2 Å². The third kappa shape index (κ3) is 3.31. The van der Waals surface area contributed by atoms with Crippen molar-refractivity contribution in [3.8, 4) is 5.75 Å². The van der Waals surface area contributed by atoms with E-state index >= 15 is 0 Å². The highest BCUT2D eigenvalue weighted by Gasteiger charge is 2.10. The van der Waals surface area contributed by atoms with Gasteiger partial charge in [0.05, 0.1) is 12.3 Å². The Balaban J connectivity index is 2.03. The van der Waals surface area contributed by atoms with E-state index in [-0.39, 0.29) is 18.2 Å². The standard InChI is InChI=1S/C15H17FN2O2/c1-10-15(20)14(12(9-19)7-18-10)8-17-6-11-2-4-13(16)5-3-11/h2-5,7,17,19-20H,6,8-9H2,1H3. The minimum Gasteiger partial charge on any atom is -0.506 e. The molecule has 0 amide bonds. The molecule has 1 heterocycles. The fourth-order valence-corrected chi connectivity index (χ4v) is 1.95. The van der Waals surface area contributed by atoms with Crippen LogP contribution in [0.3, 0.4) is 0 Å². The number of halogens is 1. The minimum absolute atomic E-state index is 0.100. The average Bonchev–Trinajstić information content (AvgIpc) is 2.46. The van der Waals surface area contributed by atoms with Crippen LogP contribution < -0.4 is 5.32 Å². The summed E-state index contributed by atoms with van der Waals surface area (Å²) in [4.78, 5) is 4.01. The summed E-state index contributed by atoms with van der Waals surface area (Å²) in [5.41, 5.74) is 2.71. The number of nitrogens with zero attached hydrogens (tertiary/aromatic N) is 1. The maximum absolute atomic E-state index is 12.8. The van der Waals surface area contributed by atoms with Crippen LogP contribution in [0.4, 0.5) is 4.39 Å². The Morgan fingerprint density at radius 1 is 1.20 bits per heavy atom.